The molecule has 104 valence electrons. The van der Waals surface area contributed by atoms with Crippen LogP contribution in [0.15, 0.2) is 52.3 Å². The Morgan fingerprint density at radius 3 is 2.71 bits per heavy atom. The molecule has 2 aromatic rings. The van der Waals surface area contributed by atoms with Crippen LogP contribution in [0.2, 0.25) is 0 Å². The van der Waals surface area contributed by atoms with E-state index in [0.717, 1.165) is 6.54 Å². The second-order valence-electron chi connectivity index (χ2n) is 4.90. The van der Waals surface area contributed by atoms with Gasteiger partial charge in [-0.15, -0.1) is 0 Å². The van der Waals surface area contributed by atoms with Crippen LogP contribution >= 0.6 is 11.8 Å². The van der Waals surface area contributed by atoms with Crippen molar-refractivity contribution in [1.82, 2.24) is 0 Å². The Morgan fingerprint density at radius 1 is 1.19 bits per heavy atom. The minimum atomic E-state index is -1.75. The predicted octanol–water partition coefficient (Wildman–Crippen LogP) is 3.50. The zero-order valence-corrected chi connectivity index (χ0v) is 18.4. The average molecular weight is 486 g/mol. The van der Waals surface area contributed by atoms with Gasteiger partial charge in [0.2, 0.25) is 0 Å². The number of nitrogens with zero attached hydrogens (tertiary/aromatic N) is 1. The summed E-state index contributed by atoms with van der Waals surface area (Å²) in [4.78, 5) is 15.9. The SMILES string of the molecule is CCN1c2ccccc2Sc2c[c]([Hg][O]C(C)=O)ccc21. The van der Waals surface area contributed by atoms with Gasteiger partial charge in [0.15, 0.2) is 0 Å². The normalized spacial score (nSPS) is 12.2. The number of para-hydroxylation sites is 1. The molecular weight excluding hydrogens is 471 g/mol. The summed E-state index contributed by atoms with van der Waals surface area (Å²) in [5, 5.41) is 0. The molecule has 0 spiro atoms. The fraction of sp³-hybridized carbons (Fsp3) is 0.188. The van der Waals surface area contributed by atoms with Gasteiger partial charge in [0.1, 0.15) is 0 Å². The van der Waals surface area contributed by atoms with Gasteiger partial charge in [-0.3, -0.25) is 0 Å². The number of hydrogen-bond acceptors (Lipinski definition) is 4. The molecular formula is C16H15HgNO2S. The first kappa shape index (κ1) is 14.9. The van der Waals surface area contributed by atoms with Crippen molar-refractivity contribution >= 4 is 32.2 Å². The number of anilines is 2. The van der Waals surface area contributed by atoms with Crippen molar-refractivity contribution in [2.45, 2.75) is 23.6 Å². The first-order valence-electron chi connectivity index (χ1n) is 6.99. The standard InChI is InChI=1S/C14H12NS.C2H4O2.Hg/c1-2-15-11-7-3-5-9-13(11)16-14-10-6-4-8-12(14)15;1-2(3)4;/h3-5,7-10H,2H2,1H3;1H3,(H,3,4);/q;;+1/p-1. The van der Waals surface area contributed by atoms with E-state index in [-0.39, 0.29) is 5.97 Å². The van der Waals surface area contributed by atoms with Crippen LogP contribution in [0, 0.1) is 0 Å². The molecule has 0 unspecified atom stereocenters. The van der Waals surface area contributed by atoms with Crippen LogP contribution in [0.5, 0.6) is 0 Å². The molecule has 3 rings (SSSR count). The maximum absolute atomic E-state index is 11.0. The molecule has 0 bridgehead atoms. The van der Waals surface area contributed by atoms with Gasteiger partial charge in [0.05, 0.1) is 0 Å². The van der Waals surface area contributed by atoms with Crippen LogP contribution in [0.1, 0.15) is 13.8 Å². The number of carbonyl (C=O) groups excluding carboxylic acids is 1. The predicted molar refractivity (Wildman–Crippen MR) is 81.1 cm³/mol. The Kier molecular flexibility index (Phi) is 4.55. The number of rotatable bonds is 3. The van der Waals surface area contributed by atoms with Crippen molar-refractivity contribution in [1.29, 1.82) is 0 Å². The zero-order valence-electron chi connectivity index (χ0n) is 12.1. The number of benzene rings is 2. The van der Waals surface area contributed by atoms with E-state index in [4.69, 9.17) is 2.64 Å². The summed E-state index contributed by atoms with van der Waals surface area (Å²) in [6, 6.07) is 15.0. The fourth-order valence-corrected chi connectivity index (χ4v) is 7.62. The molecule has 1 aliphatic heterocycles. The Hall–Kier alpha value is -1.00. The molecule has 2 aromatic carbocycles. The molecule has 1 aliphatic rings. The van der Waals surface area contributed by atoms with Crippen molar-refractivity contribution in [3.63, 3.8) is 0 Å². The van der Waals surface area contributed by atoms with Gasteiger partial charge >= 0.3 is 142 Å². The summed E-state index contributed by atoms with van der Waals surface area (Å²) in [6.45, 7) is 4.60. The third-order valence-electron chi connectivity index (χ3n) is 3.45. The molecule has 0 fully saturated rings. The fourth-order valence-electron chi connectivity index (χ4n) is 2.49. The van der Waals surface area contributed by atoms with Crippen LogP contribution in [0.3, 0.4) is 0 Å². The van der Waals surface area contributed by atoms with Gasteiger partial charge in [-0.25, -0.2) is 0 Å². The molecule has 0 saturated heterocycles. The average Bonchev–Trinajstić information content (AvgIpc) is 2.50. The number of hydrogen-bond donors (Lipinski definition) is 0. The van der Waals surface area contributed by atoms with Gasteiger partial charge in [0, 0.05) is 0 Å². The molecule has 0 atom stereocenters. The summed E-state index contributed by atoms with van der Waals surface area (Å²) in [6.07, 6.45) is 0. The van der Waals surface area contributed by atoms with Gasteiger partial charge in [-0.2, -0.15) is 0 Å². The molecule has 0 N–H and O–H groups in total. The summed E-state index contributed by atoms with van der Waals surface area (Å²) in [7, 11) is 0. The molecule has 0 amide bonds. The van der Waals surface area contributed by atoms with E-state index in [9.17, 15) is 4.79 Å². The molecule has 5 heteroatoms. The van der Waals surface area contributed by atoms with Crippen LogP contribution in [0.4, 0.5) is 11.4 Å². The molecule has 0 saturated carbocycles. The van der Waals surface area contributed by atoms with Crippen molar-refractivity contribution < 1.29 is 32.5 Å². The molecule has 0 aromatic heterocycles. The van der Waals surface area contributed by atoms with Gasteiger partial charge < -0.3 is 0 Å². The second-order valence-corrected chi connectivity index (χ2v) is 11.4. The first-order chi connectivity index (χ1) is 10.2. The minimum absolute atomic E-state index is 0.150. The van der Waals surface area contributed by atoms with Crippen molar-refractivity contribution in [2.24, 2.45) is 0 Å². The van der Waals surface area contributed by atoms with E-state index < -0.39 is 25.0 Å². The molecule has 1 heterocycles. The summed E-state index contributed by atoms with van der Waals surface area (Å²) in [5.74, 6) is -0.150. The Balaban J connectivity index is 1.95. The third-order valence-corrected chi connectivity index (χ3v) is 9.71. The quantitative estimate of drug-likeness (QED) is 0.622. The van der Waals surface area contributed by atoms with Crippen molar-refractivity contribution in [3.8, 4) is 0 Å². The molecule has 3 nitrogen and oxygen atoms in total. The van der Waals surface area contributed by atoms with E-state index in [0.29, 0.717) is 0 Å². The first-order valence-corrected chi connectivity index (χ1v) is 12.8. The van der Waals surface area contributed by atoms with Gasteiger partial charge in [-0.1, -0.05) is 0 Å². The topological polar surface area (TPSA) is 29.5 Å². The third kappa shape index (κ3) is 3.11. The summed E-state index contributed by atoms with van der Waals surface area (Å²) >= 11 is 0.0543. The van der Waals surface area contributed by atoms with E-state index in [2.05, 4.69) is 54.3 Å². The summed E-state index contributed by atoms with van der Waals surface area (Å²) < 4.78 is 6.54. The Bertz CT molecular complexity index is 690. The van der Waals surface area contributed by atoms with Crippen molar-refractivity contribution in [3.05, 3.63) is 42.5 Å². The van der Waals surface area contributed by atoms with Crippen LogP contribution in [0.25, 0.3) is 0 Å². The van der Waals surface area contributed by atoms with Crippen LogP contribution in [-0.2, 0) is 32.5 Å². The zero-order chi connectivity index (χ0) is 14.8. The summed E-state index contributed by atoms with van der Waals surface area (Å²) in [5.41, 5.74) is 2.52. The van der Waals surface area contributed by atoms with Gasteiger partial charge in [0.25, 0.3) is 0 Å². The second kappa shape index (κ2) is 6.40. The Morgan fingerprint density at radius 2 is 1.95 bits per heavy atom. The molecule has 21 heavy (non-hydrogen) atoms. The van der Waals surface area contributed by atoms with Crippen LogP contribution < -0.4 is 7.97 Å². The van der Waals surface area contributed by atoms with E-state index in [1.54, 1.807) is 11.8 Å². The van der Waals surface area contributed by atoms with Crippen LogP contribution in [-0.4, -0.2) is 12.5 Å². The van der Waals surface area contributed by atoms with Gasteiger partial charge in [-0.05, 0) is 0 Å². The molecule has 0 radical (unpaired) electrons. The monoisotopic (exact) mass is 487 g/mol. The van der Waals surface area contributed by atoms with E-state index in [1.165, 1.54) is 31.2 Å². The van der Waals surface area contributed by atoms with E-state index >= 15 is 0 Å². The number of carbonyl (C=O) groups is 1. The van der Waals surface area contributed by atoms with Crippen molar-refractivity contribution in [2.75, 3.05) is 11.4 Å². The maximum atomic E-state index is 11.0. The molecule has 0 aliphatic carbocycles. The number of fused-ring (bicyclic) bond motifs is 2. The Labute approximate surface area is 141 Å². The van der Waals surface area contributed by atoms with E-state index in [1.807, 2.05) is 0 Å².